The molecule has 12 heavy (non-hydrogen) atoms. The Hall–Kier alpha value is -0.850. The zero-order valence-corrected chi connectivity index (χ0v) is 7.64. The topological polar surface area (TPSA) is 12.4 Å². The van der Waals surface area contributed by atoms with Crippen LogP contribution in [0.25, 0.3) is 0 Å². The molecule has 1 heteroatoms. The van der Waals surface area contributed by atoms with Crippen LogP contribution in [-0.2, 0) is 0 Å². The Morgan fingerprint density at radius 3 is 3.25 bits per heavy atom. The fourth-order valence-electron chi connectivity index (χ4n) is 1.93. The zero-order valence-electron chi connectivity index (χ0n) is 7.64. The molecule has 0 N–H and O–H groups in total. The third-order valence-corrected chi connectivity index (χ3v) is 2.54. The summed E-state index contributed by atoms with van der Waals surface area (Å²) in [5.41, 5.74) is 4.29. The summed E-state index contributed by atoms with van der Waals surface area (Å²) < 4.78 is 0. The molecule has 0 saturated carbocycles. The summed E-state index contributed by atoms with van der Waals surface area (Å²) in [5.74, 6) is 0. The van der Waals surface area contributed by atoms with Crippen molar-refractivity contribution in [1.29, 1.82) is 0 Å². The van der Waals surface area contributed by atoms with E-state index in [0.29, 0.717) is 0 Å². The molecular formula is C11H15N. The third kappa shape index (κ3) is 1.24. The van der Waals surface area contributed by atoms with E-state index in [2.05, 4.69) is 24.2 Å². The number of fused-ring (bicyclic) bond motifs is 1. The maximum Gasteiger partial charge on any atom is 0.0625 e. The van der Waals surface area contributed by atoms with Crippen LogP contribution in [0, 0.1) is 0 Å². The van der Waals surface area contributed by atoms with Gasteiger partial charge in [-0.2, -0.15) is 0 Å². The molecule has 0 aromatic carbocycles. The van der Waals surface area contributed by atoms with Gasteiger partial charge < -0.3 is 0 Å². The van der Waals surface area contributed by atoms with Gasteiger partial charge in [-0.3, -0.25) is 4.99 Å². The van der Waals surface area contributed by atoms with Gasteiger partial charge in [-0.25, -0.2) is 0 Å². The number of allylic oxidation sites excluding steroid dienone is 3. The molecule has 0 atom stereocenters. The molecular weight excluding hydrogens is 146 g/mol. The van der Waals surface area contributed by atoms with Crippen molar-refractivity contribution < 1.29 is 0 Å². The lowest BCUT2D eigenvalue weighted by Crippen LogP contribution is -1.94. The van der Waals surface area contributed by atoms with Crippen molar-refractivity contribution in [3.63, 3.8) is 0 Å². The Balaban J connectivity index is 2.26. The van der Waals surface area contributed by atoms with Crippen LogP contribution in [-0.4, -0.2) is 6.21 Å². The molecule has 1 aliphatic heterocycles. The molecule has 2 aliphatic rings. The van der Waals surface area contributed by atoms with Gasteiger partial charge in [-0.05, 0) is 36.8 Å². The van der Waals surface area contributed by atoms with E-state index >= 15 is 0 Å². The molecule has 0 spiro atoms. The van der Waals surface area contributed by atoms with Gasteiger partial charge in [0.2, 0.25) is 0 Å². The van der Waals surface area contributed by atoms with Crippen molar-refractivity contribution in [2.24, 2.45) is 4.99 Å². The average Bonchev–Trinajstić information content (AvgIpc) is 2.50. The largest absolute Gasteiger partial charge is 0.257 e. The Morgan fingerprint density at radius 2 is 2.42 bits per heavy atom. The van der Waals surface area contributed by atoms with Crippen LogP contribution in [0.3, 0.4) is 0 Å². The first kappa shape index (κ1) is 7.78. The Morgan fingerprint density at radius 1 is 1.50 bits per heavy atom. The minimum atomic E-state index is 1.20. The molecule has 0 saturated heterocycles. The van der Waals surface area contributed by atoms with E-state index in [9.17, 15) is 0 Å². The number of aliphatic imine (C=N–C) groups is 1. The fraction of sp³-hybridized carbons (Fsp3) is 0.545. The molecule has 0 radical (unpaired) electrons. The van der Waals surface area contributed by atoms with Gasteiger partial charge in [0.1, 0.15) is 0 Å². The van der Waals surface area contributed by atoms with E-state index < -0.39 is 0 Å². The van der Waals surface area contributed by atoms with Gasteiger partial charge in [-0.1, -0.05) is 19.4 Å². The molecule has 1 nitrogen and oxygen atoms in total. The summed E-state index contributed by atoms with van der Waals surface area (Å²) >= 11 is 0. The normalized spacial score (nSPS) is 21.2. The van der Waals surface area contributed by atoms with Crippen LogP contribution in [0.2, 0.25) is 0 Å². The standard InChI is InChI=1S/C11H15N/c1-2-5-9-8-12-11-7-4-3-6-10(9)11/h7-8H,2-6H2,1H3. The van der Waals surface area contributed by atoms with Crippen molar-refractivity contribution in [3.8, 4) is 0 Å². The van der Waals surface area contributed by atoms with Crippen LogP contribution in [0.5, 0.6) is 0 Å². The summed E-state index contributed by atoms with van der Waals surface area (Å²) in [6.45, 7) is 2.23. The Labute approximate surface area is 73.9 Å². The van der Waals surface area contributed by atoms with Crippen molar-refractivity contribution in [2.75, 3.05) is 0 Å². The van der Waals surface area contributed by atoms with Gasteiger partial charge in [0, 0.05) is 6.21 Å². The molecule has 0 amide bonds. The van der Waals surface area contributed by atoms with Crippen molar-refractivity contribution in [2.45, 2.75) is 39.0 Å². The van der Waals surface area contributed by atoms with Crippen LogP contribution in [0.4, 0.5) is 0 Å². The summed E-state index contributed by atoms with van der Waals surface area (Å²) in [7, 11) is 0. The van der Waals surface area contributed by atoms with E-state index in [1.165, 1.54) is 48.9 Å². The number of hydrogen-bond acceptors (Lipinski definition) is 1. The molecule has 0 fully saturated rings. The van der Waals surface area contributed by atoms with Gasteiger partial charge in [0.25, 0.3) is 0 Å². The predicted molar refractivity (Wildman–Crippen MR) is 52.4 cm³/mol. The molecule has 1 heterocycles. The van der Waals surface area contributed by atoms with E-state index in [0.717, 1.165) is 0 Å². The van der Waals surface area contributed by atoms with Gasteiger partial charge >= 0.3 is 0 Å². The van der Waals surface area contributed by atoms with E-state index in [1.807, 2.05) is 0 Å². The molecule has 0 unspecified atom stereocenters. The lowest BCUT2D eigenvalue weighted by atomic mass is 9.95. The van der Waals surface area contributed by atoms with Gasteiger partial charge in [-0.15, -0.1) is 0 Å². The predicted octanol–water partition coefficient (Wildman–Crippen LogP) is 3.24. The highest BCUT2D eigenvalue weighted by atomic mass is 14.8. The summed E-state index contributed by atoms with van der Waals surface area (Å²) in [4.78, 5) is 4.42. The van der Waals surface area contributed by atoms with Crippen LogP contribution in [0.1, 0.15) is 39.0 Å². The first-order valence-corrected chi connectivity index (χ1v) is 4.88. The first-order chi connectivity index (χ1) is 5.92. The maximum absolute atomic E-state index is 4.42. The minimum absolute atomic E-state index is 1.20. The quantitative estimate of drug-likeness (QED) is 0.589. The number of hydrogen-bond donors (Lipinski definition) is 0. The third-order valence-electron chi connectivity index (χ3n) is 2.54. The second-order valence-electron chi connectivity index (χ2n) is 3.49. The van der Waals surface area contributed by atoms with Crippen molar-refractivity contribution in [3.05, 3.63) is 22.9 Å². The van der Waals surface area contributed by atoms with Crippen molar-refractivity contribution in [1.82, 2.24) is 0 Å². The van der Waals surface area contributed by atoms with Gasteiger partial charge in [0.05, 0.1) is 5.70 Å². The second-order valence-corrected chi connectivity index (χ2v) is 3.49. The van der Waals surface area contributed by atoms with Gasteiger partial charge in [0.15, 0.2) is 0 Å². The van der Waals surface area contributed by atoms with E-state index in [-0.39, 0.29) is 0 Å². The lowest BCUT2D eigenvalue weighted by molar-refractivity contribution is 0.790. The summed E-state index contributed by atoms with van der Waals surface area (Å²) in [6.07, 6.45) is 10.6. The van der Waals surface area contributed by atoms with E-state index in [1.54, 1.807) is 0 Å². The molecule has 0 bridgehead atoms. The lowest BCUT2D eigenvalue weighted by Gasteiger charge is -2.11. The Bertz CT molecular complexity index is 269. The molecule has 0 aromatic rings. The summed E-state index contributed by atoms with van der Waals surface area (Å²) in [5, 5.41) is 0. The molecule has 1 aliphatic carbocycles. The highest BCUT2D eigenvalue weighted by Crippen LogP contribution is 2.32. The zero-order chi connectivity index (χ0) is 8.39. The summed E-state index contributed by atoms with van der Waals surface area (Å²) in [6, 6.07) is 0. The second kappa shape index (κ2) is 3.26. The van der Waals surface area contributed by atoms with E-state index in [4.69, 9.17) is 0 Å². The fourth-order valence-corrected chi connectivity index (χ4v) is 1.93. The monoisotopic (exact) mass is 161 g/mol. The molecule has 0 aromatic heterocycles. The highest BCUT2D eigenvalue weighted by molar-refractivity contribution is 5.86. The first-order valence-electron chi connectivity index (χ1n) is 4.88. The van der Waals surface area contributed by atoms with Crippen LogP contribution in [0.15, 0.2) is 27.9 Å². The smallest absolute Gasteiger partial charge is 0.0625 e. The van der Waals surface area contributed by atoms with Crippen molar-refractivity contribution >= 4 is 6.21 Å². The Kier molecular flexibility index (Phi) is 2.11. The number of nitrogens with zero attached hydrogens (tertiary/aromatic N) is 1. The average molecular weight is 161 g/mol. The highest BCUT2D eigenvalue weighted by Gasteiger charge is 2.17. The maximum atomic E-state index is 4.42. The SMILES string of the molecule is CCCC1=C2CCCC=C2N=C1. The minimum Gasteiger partial charge on any atom is -0.257 e. The van der Waals surface area contributed by atoms with Crippen LogP contribution < -0.4 is 0 Å². The number of rotatable bonds is 2. The van der Waals surface area contributed by atoms with Crippen LogP contribution >= 0.6 is 0 Å². The molecule has 2 rings (SSSR count). The molecule has 64 valence electrons.